The number of aromatic nitrogens is 2. The summed E-state index contributed by atoms with van der Waals surface area (Å²) >= 11 is 3.48. The maximum absolute atomic E-state index is 12.4. The molecule has 0 atom stereocenters. The van der Waals surface area contributed by atoms with E-state index in [0.717, 1.165) is 0 Å². The fourth-order valence-corrected chi connectivity index (χ4v) is 3.80. The van der Waals surface area contributed by atoms with Gasteiger partial charge < -0.3 is 25.0 Å². The van der Waals surface area contributed by atoms with E-state index in [1.165, 1.54) is 7.11 Å². The highest BCUT2D eigenvalue weighted by molar-refractivity contribution is 9.10. The van der Waals surface area contributed by atoms with Gasteiger partial charge in [-0.25, -0.2) is 4.79 Å². The number of hydrogen-bond donors (Lipinski definition) is 3. The van der Waals surface area contributed by atoms with E-state index in [2.05, 4.69) is 36.7 Å². The Kier molecular flexibility index (Phi) is 6.84. The molecule has 0 fully saturated rings. The van der Waals surface area contributed by atoms with Gasteiger partial charge in [-0.1, -0.05) is 25.9 Å². The number of carbonyl (C=O) groups is 2. The number of halogens is 1. The zero-order chi connectivity index (χ0) is 26.0. The van der Waals surface area contributed by atoms with E-state index in [1.54, 1.807) is 48.7 Å². The third-order valence-corrected chi connectivity index (χ3v) is 5.81. The van der Waals surface area contributed by atoms with Crippen molar-refractivity contribution in [3.05, 3.63) is 64.5 Å². The molecule has 2 aromatic heterocycles. The third kappa shape index (κ3) is 5.41. The molecule has 0 saturated heterocycles. The molecule has 0 aliphatic rings. The molecule has 3 amide bonds. The zero-order valence-electron chi connectivity index (χ0n) is 20.0. The van der Waals surface area contributed by atoms with Gasteiger partial charge >= 0.3 is 6.03 Å². The molecule has 0 bridgehead atoms. The van der Waals surface area contributed by atoms with Crippen molar-refractivity contribution in [2.24, 2.45) is 5.73 Å². The number of fused-ring (bicyclic) bond motifs is 1. The van der Waals surface area contributed by atoms with Crippen LogP contribution >= 0.6 is 15.9 Å². The number of amides is 3. The molecular weight excluding hydrogens is 530 g/mol. The van der Waals surface area contributed by atoms with E-state index < -0.39 is 11.9 Å². The fourth-order valence-electron chi connectivity index (χ4n) is 3.34. The highest BCUT2D eigenvalue weighted by Gasteiger charge is 2.20. The molecular formula is C25H24BrN5O5. The number of anilines is 2. The molecule has 0 aliphatic heterocycles. The number of nitrogens with one attached hydrogen (secondary N) is 2. The summed E-state index contributed by atoms with van der Waals surface area (Å²) in [5.41, 5.74) is 6.58. The average Bonchev–Trinajstić information content (AvgIpc) is 3.29. The summed E-state index contributed by atoms with van der Waals surface area (Å²) in [6.45, 7) is 5.96. The van der Waals surface area contributed by atoms with Gasteiger partial charge in [0.2, 0.25) is 0 Å². The highest BCUT2D eigenvalue weighted by Crippen LogP contribution is 2.36. The number of hydrogen-bond acceptors (Lipinski definition) is 7. The van der Waals surface area contributed by atoms with Crippen molar-refractivity contribution in [2.75, 3.05) is 17.7 Å². The van der Waals surface area contributed by atoms with E-state index >= 15 is 0 Å². The number of urea groups is 1. The van der Waals surface area contributed by atoms with E-state index in [-0.39, 0.29) is 11.0 Å². The van der Waals surface area contributed by atoms with E-state index in [4.69, 9.17) is 19.7 Å². The molecule has 4 rings (SSSR count). The van der Waals surface area contributed by atoms with Crippen molar-refractivity contribution in [3.63, 3.8) is 0 Å². The Morgan fingerprint density at radius 1 is 1.03 bits per heavy atom. The lowest BCUT2D eigenvalue weighted by atomic mass is 9.93. The Labute approximate surface area is 215 Å². The summed E-state index contributed by atoms with van der Waals surface area (Å²) in [6, 6.07) is 11.2. The van der Waals surface area contributed by atoms with Gasteiger partial charge in [-0.15, -0.1) is 0 Å². The topological polar surface area (TPSA) is 142 Å². The lowest BCUT2D eigenvalue weighted by molar-refractivity contribution is 0.0997. The highest BCUT2D eigenvalue weighted by atomic mass is 79.9. The molecule has 4 N–H and O–H groups in total. The molecule has 0 unspecified atom stereocenters. The molecule has 186 valence electrons. The van der Waals surface area contributed by atoms with Crippen LogP contribution in [-0.2, 0) is 5.41 Å². The van der Waals surface area contributed by atoms with Gasteiger partial charge in [0.05, 0.1) is 22.7 Å². The minimum Gasteiger partial charge on any atom is -0.496 e. The van der Waals surface area contributed by atoms with E-state index in [0.29, 0.717) is 49.9 Å². The first-order valence-electron chi connectivity index (χ1n) is 10.8. The van der Waals surface area contributed by atoms with Crippen molar-refractivity contribution < 1.29 is 23.6 Å². The normalized spacial score (nSPS) is 11.2. The lowest BCUT2D eigenvalue weighted by Crippen LogP contribution is -2.19. The number of nitrogens with two attached hydrogens (primary N) is 1. The molecule has 0 aliphatic carbocycles. The largest absolute Gasteiger partial charge is 0.496 e. The summed E-state index contributed by atoms with van der Waals surface area (Å²) in [7, 11) is 1.45. The average molecular weight is 554 g/mol. The summed E-state index contributed by atoms with van der Waals surface area (Å²) < 4.78 is 17.2. The van der Waals surface area contributed by atoms with Crippen LogP contribution in [0.5, 0.6) is 17.2 Å². The summed E-state index contributed by atoms with van der Waals surface area (Å²) in [5, 5.41) is 9.85. The Morgan fingerprint density at radius 2 is 1.81 bits per heavy atom. The van der Waals surface area contributed by atoms with Crippen LogP contribution in [0.2, 0.25) is 0 Å². The van der Waals surface area contributed by atoms with Crippen LogP contribution in [0.25, 0.3) is 10.9 Å². The Morgan fingerprint density at radius 3 is 2.44 bits per heavy atom. The van der Waals surface area contributed by atoms with Gasteiger partial charge in [-0.05, 0) is 46.3 Å². The molecule has 11 heteroatoms. The van der Waals surface area contributed by atoms with Crippen LogP contribution in [0.3, 0.4) is 0 Å². The molecule has 2 aromatic carbocycles. The number of carbonyl (C=O) groups excluding carboxylic acids is 2. The van der Waals surface area contributed by atoms with Crippen LogP contribution in [0.4, 0.5) is 16.3 Å². The predicted molar refractivity (Wildman–Crippen MR) is 139 cm³/mol. The molecule has 36 heavy (non-hydrogen) atoms. The smallest absolute Gasteiger partial charge is 0.324 e. The standard InChI is InChI=1S/C25H24BrN5O5/c1-25(2,3)21-12-22(31-36-21)30-24(33)29-13-5-6-19(16(26)9-13)35-18-7-8-28-17-11-20(34-4)15(23(27)32)10-14(17)18/h5-12H,1-4H3,(H2,27,32)(H2,29,30,31,33). The second kappa shape index (κ2) is 9.86. The first kappa shape index (κ1) is 25.0. The number of benzene rings is 2. The van der Waals surface area contributed by atoms with Gasteiger partial charge in [-0.3, -0.25) is 15.1 Å². The predicted octanol–water partition coefficient (Wildman–Crippen LogP) is 5.83. The van der Waals surface area contributed by atoms with Gasteiger partial charge in [-0.2, -0.15) is 0 Å². The first-order chi connectivity index (χ1) is 17.0. The number of pyridine rings is 1. The van der Waals surface area contributed by atoms with Gasteiger partial charge in [0.15, 0.2) is 5.82 Å². The monoisotopic (exact) mass is 553 g/mol. The van der Waals surface area contributed by atoms with E-state index in [1.807, 2.05) is 20.8 Å². The second-order valence-corrected chi connectivity index (χ2v) is 9.75. The summed E-state index contributed by atoms with van der Waals surface area (Å²) in [5.74, 6) is 1.62. The molecule has 10 nitrogen and oxygen atoms in total. The van der Waals surface area contributed by atoms with E-state index in [9.17, 15) is 9.59 Å². The van der Waals surface area contributed by atoms with Gasteiger partial charge in [0.25, 0.3) is 5.91 Å². The Hall–Kier alpha value is -4.12. The van der Waals surface area contributed by atoms with Gasteiger partial charge in [0, 0.05) is 34.8 Å². The van der Waals surface area contributed by atoms with Crippen LogP contribution in [0, 0.1) is 0 Å². The van der Waals surface area contributed by atoms with Crippen molar-refractivity contribution >= 4 is 50.3 Å². The number of nitrogens with zero attached hydrogens (tertiary/aromatic N) is 2. The molecule has 0 radical (unpaired) electrons. The minimum atomic E-state index is -0.626. The van der Waals surface area contributed by atoms with Gasteiger partial charge in [0.1, 0.15) is 23.0 Å². The van der Waals surface area contributed by atoms with Crippen LogP contribution in [0.15, 0.2) is 57.7 Å². The van der Waals surface area contributed by atoms with Crippen molar-refractivity contribution in [1.82, 2.24) is 10.1 Å². The molecule has 2 heterocycles. The summed E-state index contributed by atoms with van der Waals surface area (Å²) in [4.78, 5) is 28.6. The van der Waals surface area contributed by atoms with Crippen molar-refractivity contribution in [3.8, 4) is 17.2 Å². The molecule has 0 saturated carbocycles. The second-order valence-electron chi connectivity index (χ2n) is 8.90. The Bertz CT molecular complexity index is 1460. The first-order valence-corrected chi connectivity index (χ1v) is 11.6. The maximum atomic E-state index is 12.4. The van der Waals surface area contributed by atoms with Crippen LogP contribution < -0.4 is 25.8 Å². The minimum absolute atomic E-state index is 0.217. The maximum Gasteiger partial charge on any atom is 0.324 e. The number of rotatable bonds is 6. The number of methoxy groups -OCH3 is 1. The zero-order valence-corrected chi connectivity index (χ0v) is 21.6. The molecule has 0 spiro atoms. The Balaban J connectivity index is 1.51. The quantitative estimate of drug-likeness (QED) is 0.272. The van der Waals surface area contributed by atoms with Crippen molar-refractivity contribution in [1.29, 1.82) is 0 Å². The fraction of sp³-hybridized carbons (Fsp3) is 0.200. The number of primary amides is 1. The number of ether oxygens (including phenoxy) is 2. The lowest BCUT2D eigenvalue weighted by Gasteiger charge is -2.13. The van der Waals surface area contributed by atoms with Crippen LogP contribution in [-0.4, -0.2) is 29.2 Å². The molecule has 4 aromatic rings. The van der Waals surface area contributed by atoms with Crippen molar-refractivity contribution in [2.45, 2.75) is 26.2 Å². The summed E-state index contributed by atoms with van der Waals surface area (Å²) in [6.07, 6.45) is 1.59. The van der Waals surface area contributed by atoms with Crippen LogP contribution in [0.1, 0.15) is 36.9 Å². The SMILES string of the molecule is COc1cc2nccc(Oc3ccc(NC(=O)Nc4cc(C(C)(C)C)on4)cc3Br)c2cc1C(N)=O. The third-order valence-electron chi connectivity index (χ3n) is 5.19.